The van der Waals surface area contributed by atoms with E-state index in [4.69, 9.17) is 11.5 Å². The third-order valence-corrected chi connectivity index (χ3v) is 9.80. The number of hydrogen-bond donors (Lipinski definition) is 2. The van der Waals surface area contributed by atoms with Gasteiger partial charge in [0.05, 0.1) is 0 Å². The van der Waals surface area contributed by atoms with Crippen molar-refractivity contribution >= 4 is 16.8 Å². The summed E-state index contributed by atoms with van der Waals surface area (Å²) in [5.41, 5.74) is 26.4. The number of nitrogen functional groups attached to an aromatic ring is 1. The van der Waals surface area contributed by atoms with Gasteiger partial charge in [0.2, 0.25) is 0 Å². The summed E-state index contributed by atoms with van der Waals surface area (Å²) < 4.78 is 0. The van der Waals surface area contributed by atoms with Crippen molar-refractivity contribution in [1.82, 2.24) is 0 Å². The van der Waals surface area contributed by atoms with Crippen molar-refractivity contribution in [3.63, 3.8) is 0 Å². The molecule has 0 aliphatic heterocycles. The molecule has 2 unspecified atom stereocenters. The molecule has 5 aromatic rings. The van der Waals surface area contributed by atoms with E-state index in [1.807, 2.05) is 18.2 Å². The average Bonchev–Trinajstić information content (AvgIpc) is 3.10. The smallest absolute Gasteiger partial charge is 0.0393 e. The van der Waals surface area contributed by atoms with Crippen LogP contribution in [0.2, 0.25) is 0 Å². The van der Waals surface area contributed by atoms with Crippen molar-refractivity contribution in [2.75, 3.05) is 5.73 Å². The molecule has 0 bridgehead atoms. The quantitative estimate of drug-likeness (QED) is 0.192. The van der Waals surface area contributed by atoms with Crippen LogP contribution in [-0.2, 0) is 10.8 Å². The highest BCUT2D eigenvalue weighted by Gasteiger charge is 2.30. The fourth-order valence-electron chi connectivity index (χ4n) is 7.00. The fourth-order valence-corrected chi connectivity index (χ4v) is 7.00. The minimum atomic E-state index is -0.172. The topological polar surface area (TPSA) is 52.0 Å². The first-order valence-corrected chi connectivity index (χ1v) is 16.1. The lowest BCUT2D eigenvalue weighted by Crippen LogP contribution is -2.24. The van der Waals surface area contributed by atoms with Crippen LogP contribution in [0.15, 0.2) is 163 Å². The molecule has 2 atom stereocenters. The summed E-state index contributed by atoms with van der Waals surface area (Å²) in [7, 11) is 0. The van der Waals surface area contributed by atoms with E-state index in [1.54, 1.807) is 0 Å². The van der Waals surface area contributed by atoms with Crippen LogP contribution >= 0.6 is 0 Å². The van der Waals surface area contributed by atoms with Crippen LogP contribution in [0.4, 0.5) is 5.69 Å². The molecule has 46 heavy (non-hydrogen) atoms. The minimum Gasteiger partial charge on any atom is -0.398 e. The highest BCUT2D eigenvalue weighted by atomic mass is 14.6. The molecule has 5 aromatic carbocycles. The van der Waals surface area contributed by atoms with Gasteiger partial charge in [-0.25, -0.2) is 0 Å². The molecule has 2 nitrogen and oxygen atoms in total. The number of anilines is 1. The van der Waals surface area contributed by atoms with Crippen LogP contribution in [0.25, 0.3) is 33.4 Å². The molecule has 2 heteroatoms. The summed E-state index contributed by atoms with van der Waals surface area (Å²) in [6.45, 7) is 4.65. The van der Waals surface area contributed by atoms with Gasteiger partial charge in [0, 0.05) is 27.8 Å². The first-order chi connectivity index (χ1) is 22.3. The predicted octanol–water partition coefficient (Wildman–Crippen LogP) is 10.5. The van der Waals surface area contributed by atoms with E-state index >= 15 is 0 Å². The van der Waals surface area contributed by atoms with Gasteiger partial charge in [-0.1, -0.05) is 153 Å². The van der Waals surface area contributed by atoms with Gasteiger partial charge in [-0.2, -0.15) is 0 Å². The molecule has 0 aromatic heterocycles. The Morgan fingerprint density at radius 1 is 0.543 bits per heavy atom. The third kappa shape index (κ3) is 5.63. The molecule has 0 amide bonds. The summed E-state index contributed by atoms with van der Waals surface area (Å²) in [4.78, 5) is 0. The van der Waals surface area contributed by atoms with Crippen molar-refractivity contribution in [2.24, 2.45) is 5.73 Å². The lowest BCUT2D eigenvalue weighted by molar-refractivity contribution is 0.602. The molecule has 4 N–H and O–H groups in total. The van der Waals surface area contributed by atoms with Crippen LogP contribution < -0.4 is 11.5 Å². The lowest BCUT2D eigenvalue weighted by atomic mass is 9.72. The Labute approximate surface area is 273 Å². The summed E-state index contributed by atoms with van der Waals surface area (Å²) in [6, 6.07) is 45.3. The molecule has 0 fully saturated rings. The van der Waals surface area contributed by atoms with E-state index in [2.05, 4.69) is 153 Å². The normalized spacial score (nSPS) is 20.9. The van der Waals surface area contributed by atoms with Gasteiger partial charge in [-0.3, -0.25) is 0 Å². The van der Waals surface area contributed by atoms with Crippen LogP contribution in [0.1, 0.15) is 48.9 Å². The Morgan fingerprint density at radius 3 is 1.98 bits per heavy atom. The van der Waals surface area contributed by atoms with E-state index in [1.165, 1.54) is 44.5 Å². The Hall–Kier alpha value is -5.34. The molecule has 0 heterocycles. The molecule has 0 saturated heterocycles. The zero-order valence-electron chi connectivity index (χ0n) is 26.6. The van der Waals surface area contributed by atoms with Gasteiger partial charge in [0.1, 0.15) is 0 Å². The minimum absolute atomic E-state index is 0.145. The van der Waals surface area contributed by atoms with E-state index in [-0.39, 0.29) is 10.8 Å². The molecule has 2 aliphatic rings. The second kappa shape index (κ2) is 11.9. The molecule has 0 saturated carbocycles. The number of hydrogen-bond acceptors (Lipinski definition) is 2. The Bertz CT molecular complexity index is 2040. The van der Waals surface area contributed by atoms with Gasteiger partial charge < -0.3 is 11.5 Å². The number of nitrogens with two attached hydrogens (primary N) is 2. The zero-order chi connectivity index (χ0) is 31.7. The van der Waals surface area contributed by atoms with Crippen molar-refractivity contribution in [3.8, 4) is 22.3 Å². The number of benzene rings is 5. The molecular formula is C44H40N2. The fraction of sp³-hybridized carbons (Fsp3) is 0.136. The van der Waals surface area contributed by atoms with E-state index in [0.29, 0.717) is 0 Å². The molecular weight excluding hydrogens is 556 g/mol. The van der Waals surface area contributed by atoms with Crippen LogP contribution in [-0.4, -0.2) is 0 Å². The second-order valence-corrected chi connectivity index (χ2v) is 13.2. The highest BCUT2D eigenvalue weighted by molar-refractivity contribution is 5.82. The first-order valence-electron chi connectivity index (χ1n) is 16.1. The maximum Gasteiger partial charge on any atom is 0.0393 e. The largest absolute Gasteiger partial charge is 0.398 e. The molecule has 7 rings (SSSR count). The standard InChI is InChI=1S/C44H40N2/c1-43(38-20-10-17-35(28-38)39-21-6-7-22-41(39)45)24-11-18-36(29-43)32-14-8-16-34(26-32)40-30-44(2,25-23-42(40)46)37-19-9-15-33(27-37)31-12-4-3-5-13-31/h3-23,25-29H,24,30,45-46H2,1-2H3. The molecule has 226 valence electrons. The first kappa shape index (κ1) is 29.4. The molecule has 0 spiro atoms. The Morgan fingerprint density at radius 2 is 1.17 bits per heavy atom. The highest BCUT2D eigenvalue weighted by Crippen LogP contribution is 2.43. The van der Waals surface area contributed by atoms with Crippen LogP contribution in [0.3, 0.4) is 0 Å². The van der Waals surface area contributed by atoms with Crippen molar-refractivity contribution < 1.29 is 0 Å². The van der Waals surface area contributed by atoms with Crippen LogP contribution in [0, 0.1) is 0 Å². The Balaban J connectivity index is 1.19. The van der Waals surface area contributed by atoms with Crippen molar-refractivity contribution in [3.05, 3.63) is 186 Å². The molecule has 0 radical (unpaired) electrons. The SMILES string of the molecule is CC1(c2cccc(-c3ccccc3N)c2)C=C(c2cccc(C3=C(N)C=CC(C)(c4cccc(-c5ccccc5)c4)C3)c2)C=CC1. The van der Waals surface area contributed by atoms with Crippen molar-refractivity contribution in [2.45, 2.75) is 37.5 Å². The van der Waals surface area contributed by atoms with Gasteiger partial charge in [0.25, 0.3) is 0 Å². The zero-order valence-corrected chi connectivity index (χ0v) is 26.6. The Kier molecular flexibility index (Phi) is 7.58. The second-order valence-electron chi connectivity index (χ2n) is 13.2. The van der Waals surface area contributed by atoms with Gasteiger partial charge in [-0.05, 0) is 81.1 Å². The van der Waals surface area contributed by atoms with Gasteiger partial charge in [0.15, 0.2) is 0 Å². The number of allylic oxidation sites excluding steroid dienone is 7. The molecule has 2 aliphatic carbocycles. The van der Waals surface area contributed by atoms with E-state index < -0.39 is 0 Å². The van der Waals surface area contributed by atoms with Gasteiger partial charge in [-0.15, -0.1) is 0 Å². The summed E-state index contributed by atoms with van der Waals surface area (Å²) >= 11 is 0. The summed E-state index contributed by atoms with van der Waals surface area (Å²) in [6.07, 6.45) is 13.1. The maximum atomic E-state index is 6.71. The van der Waals surface area contributed by atoms with E-state index in [0.717, 1.165) is 35.4 Å². The third-order valence-electron chi connectivity index (χ3n) is 9.80. The van der Waals surface area contributed by atoms with E-state index in [9.17, 15) is 0 Å². The average molecular weight is 597 g/mol. The number of rotatable bonds is 6. The van der Waals surface area contributed by atoms with Crippen LogP contribution in [0.5, 0.6) is 0 Å². The van der Waals surface area contributed by atoms with Gasteiger partial charge >= 0.3 is 0 Å². The summed E-state index contributed by atoms with van der Waals surface area (Å²) in [5.74, 6) is 0. The monoisotopic (exact) mass is 596 g/mol. The predicted molar refractivity (Wildman–Crippen MR) is 196 cm³/mol. The number of para-hydroxylation sites is 1. The lowest BCUT2D eigenvalue weighted by Gasteiger charge is -2.33. The maximum absolute atomic E-state index is 6.71. The summed E-state index contributed by atoms with van der Waals surface area (Å²) in [5, 5.41) is 0. The van der Waals surface area contributed by atoms with Crippen molar-refractivity contribution in [1.29, 1.82) is 0 Å².